The Morgan fingerprint density at radius 3 is 2.39 bits per heavy atom. The molecule has 0 radical (unpaired) electrons. The van der Waals surface area contributed by atoms with E-state index in [9.17, 15) is 14.4 Å². The molecular formula is C21H21ClN2O4. The number of carbonyl (C=O) groups excluding carboxylic acids is 3. The van der Waals surface area contributed by atoms with Crippen LogP contribution < -0.4 is 10.6 Å². The van der Waals surface area contributed by atoms with Gasteiger partial charge in [0.1, 0.15) is 0 Å². The van der Waals surface area contributed by atoms with Crippen molar-refractivity contribution in [3.63, 3.8) is 0 Å². The number of nitrogens with one attached hydrogen (secondary N) is 2. The van der Waals surface area contributed by atoms with Crippen LogP contribution >= 0.6 is 11.6 Å². The second-order valence-electron chi connectivity index (χ2n) is 6.63. The van der Waals surface area contributed by atoms with Crippen molar-refractivity contribution in [1.82, 2.24) is 5.32 Å². The van der Waals surface area contributed by atoms with Crippen LogP contribution in [0.5, 0.6) is 0 Å². The zero-order chi connectivity index (χ0) is 19.9. The van der Waals surface area contributed by atoms with E-state index in [1.165, 1.54) is 12.1 Å². The molecule has 0 atom stereocenters. The van der Waals surface area contributed by atoms with E-state index in [1.54, 1.807) is 36.4 Å². The number of rotatable bonds is 6. The van der Waals surface area contributed by atoms with Crippen LogP contribution in [0.15, 0.2) is 48.5 Å². The minimum absolute atomic E-state index is 0.177. The lowest BCUT2D eigenvalue weighted by molar-refractivity contribution is -0.119. The Balaban J connectivity index is 1.57. The van der Waals surface area contributed by atoms with Crippen LogP contribution in [-0.2, 0) is 9.53 Å². The zero-order valence-corrected chi connectivity index (χ0v) is 16.0. The van der Waals surface area contributed by atoms with Gasteiger partial charge in [0.05, 0.1) is 16.8 Å². The normalized spacial score (nSPS) is 13.8. The quantitative estimate of drug-likeness (QED) is 0.722. The van der Waals surface area contributed by atoms with Crippen molar-refractivity contribution in [3.8, 4) is 0 Å². The Hall–Kier alpha value is -2.86. The Bertz CT molecular complexity index is 861. The smallest absolute Gasteiger partial charge is 0.338 e. The van der Waals surface area contributed by atoms with E-state index in [4.69, 9.17) is 16.3 Å². The maximum atomic E-state index is 12.5. The molecule has 28 heavy (non-hydrogen) atoms. The highest BCUT2D eigenvalue weighted by molar-refractivity contribution is 6.30. The Kier molecular flexibility index (Phi) is 6.66. The molecule has 146 valence electrons. The average Bonchev–Trinajstić information content (AvgIpc) is 3.20. The summed E-state index contributed by atoms with van der Waals surface area (Å²) in [7, 11) is 0. The van der Waals surface area contributed by atoms with Gasteiger partial charge in [-0.2, -0.15) is 0 Å². The molecule has 6 nitrogen and oxygen atoms in total. The predicted molar refractivity (Wildman–Crippen MR) is 107 cm³/mol. The van der Waals surface area contributed by atoms with Gasteiger partial charge < -0.3 is 15.4 Å². The van der Waals surface area contributed by atoms with Gasteiger partial charge in [0.25, 0.3) is 11.8 Å². The van der Waals surface area contributed by atoms with E-state index < -0.39 is 18.5 Å². The summed E-state index contributed by atoms with van der Waals surface area (Å²) < 4.78 is 5.02. The molecule has 0 aliphatic heterocycles. The van der Waals surface area contributed by atoms with E-state index in [0.29, 0.717) is 21.8 Å². The number of para-hydroxylation sites is 1. The predicted octanol–water partition coefficient (Wildman–Crippen LogP) is 3.81. The van der Waals surface area contributed by atoms with Crippen molar-refractivity contribution in [2.75, 3.05) is 11.9 Å². The number of amides is 2. The van der Waals surface area contributed by atoms with Crippen LogP contribution in [0.1, 0.15) is 46.4 Å². The van der Waals surface area contributed by atoms with Crippen molar-refractivity contribution >= 4 is 35.1 Å². The van der Waals surface area contributed by atoms with Gasteiger partial charge in [0, 0.05) is 11.1 Å². The Morgan fingerprint density at radius 2 is 1.68 bits per heavy atom. The van der Waals surface area contributed by atoms with Crippen LogP contribution in [0.4, 0.5) is 5.69 Å². The standard InChI is InChI=1S/C21H21ClN2O4/c22-15-11-9-14(10-12-15)21(27)28-13-19(25)24-18-8-4-3-7-17(18)20(26)23-16-5-1-2-6-16/h3-4,7-12,16H,1-2,5-6,13H2,(H,23,26)(H,24,25). The topological polar surface area (TPSA) is 84.5 Å². The summed E-state index contributed by atoms with van der Waals surface area (Å²) in [5, 5.41) is 6.13. The lowest BCUT2D eigenvalue weighted by Crippen LogP contribution is -2.33. The maximum absolute atomic E-state index is 12.5. The van der Waals surface area contributed by atoms with Crippen molar-refractivity contribution < 1.29 is 19.1 Å². The molecule has 0 aromatic heterocycles. The first-order valence-electron chi connectivity index (χ1n) is 9.15. The molecule has 3 rings (SSSR count). The highest BCUT2D eigenvalue weighted by atomic mass is 35.5. The highest BCUT2D eigenvalue weighted by Crippen LogP contribution is 2.20. The highest BCUT2D eigenvalue weighted by Gasteiger charge is 2.20. The molecule has 2 N–H and O–H groups in total. The molecule has 0 unspecified atom stereocenters. The molecule has 2 amide bonds. The first-order chi connectivity index (χ1) is 13.5. The number of hydrogen-bond donors (Lipinski definition) is 2. The van der Waals surface area contributed by atoms with E-state index in [-0.39, 0.29) is 11.9 Å². The third-order valence-electron chi connectivity index (χ3n) is 4.55. The van der Waals surface area contributed by atoms with Gasteiger partial charge in [-0.25, -0.2) is 4.79 Å². The Labute approximate surface area is 168 Å². The summed E-state index contributed by atoms with van der Waals surface area (Å²) in [6, 6.07) is 13.1. The molecule has 0 spiro atoms. The summed E-state index contributed by atoms with van der Waals surface area (Å²) in [6.07, 6.45) is 4.17. The van der Waals surface area contributed by atoms with E-state index in [1.807, 2.05) is 0 Å². The summed E-state index contributed by atoms with van der Waals surface area (Å²) in [5.41, 5.74) is 1.06. The zero-order valence-electron chi connectivity index (χ0n) is 15.2. The van der Waals surface area contributed by atoms with Gasteiger partial charge >= 0.3 is 5.97 Å². The molecule has 0 heterocycles. The first-order valence-corrected chi connectivity index (χ1v) is 9.53. The van der Waals surface area contributed by atoms with Gasteiger partial charge in [-0.05, 0) is 49.2 Å². The van der Waals surface area contributed by atoms with Crippen LogP contribution in [0.2, 0.25) is 5.02 Å². The fourth-order valence-electron chi connectivity index (χ4n) is 3.11. The van der Waals surface area contributed by atoms with Gasteiger partial charge in [-0.3, -0.25) is 9.59 Å². The SMILES string of the molecule is O=C(COC(=O)c1ccc(Cl)cc1)Nc1ccccc1C(=O)NC1CCCC1. The summed E-state index contributed by atoms with van der Waals surface area (Å²) in [6.45, 7) is -0.458. The lowest BCUT2D eigenvalue weighted by Gasteiger charge is -2.15. The molecule has 2 aromatic carbocycles. The third-order valence-corrected chi connectivity index (χ3v) is 4.80. The van der Waals surface area contributed by atoms with Crippen molar-refractivity contribution in [2.24, 2.45) is 0 Å². The number of ether oxygens (including phenoxy) is 1. The van der Waals surface area contributed by atoms with E-state index >= 15 is 0 Å². The number of esters is 1. The van der Waals surface area contributed by atoms with Crippen molar-refractivity contribution in [2.45, 2.75) is 31.7 Å². The van der Waals surface area contributed by atoms with Crippen molar-refractivity contribution in [3.05, 3.63) is 64.7 Å². The van der Waals surface area contributed by atoms with Gasteiger partial charge in [-0.15, -0.1) is 0 Å². The minimum Gasteiger partial charge on any atom is -0.452 e. The molecule has 1 aliphatic rings. The van der Waals surface area contributed by atoms with Gasteiger partial charge in [0.2, 0.25) is 0 Å². The summed E-state index contributed by atoms with van der Waals surface area (Å²) >= 11 is 5.78. The maximum Gasteiger partial charge on any atom is 0.338 e. The number of halogens is 1. The van der Waals surface area contributed by atoms with Crippen LogP contribution in [-0.4, -0.2) is 30.4 Å². The monoisotopic (exact) mass is 400 g/mol. The fourth-order valence-corrected chi connectivity index (χ4v) is 3.24. The number of anilines is 1. The number of carbonyl (C=O) groups is 3. The lowest BCUT2D eigenvalue weighted by atomic mass is 10.1. The van der Waals surface area contributed by atoms with Crippen LogP contribution in [0.25, 0.3) is 0 Å². The number of benzene rings is 2. The molecule has 1 aliphatic carbocycles. The van der Waals surface area contributed by atoms with Gasteiger partial charge in [-0.1, -0.05) is 36.6 Å². The Morgan fingerprint density at radius 1 is 1.00 bits per heavy atom. The largest absolute Gasteiger partial charge is 0.452 e. The van der Waals surface area contributed by atoms with Crippen molar-refractivity contribution in [1.29, 1.82) is 0 Å². The molecular weight excluding hydrogens is 380 g/mol. The van der Waals surface area contributed by atoms with Gasteiger partial charge in [0.15, 0.2) is 6.61 Å². The molecule has 0 bridgehead atoms. The van der Waals surface area contributed by atoms with E-state index in [0.717, 1.165) is 25.7 Å². The van der Waals surface area contributed by atoms with Crippen LogP contribution in [0.3, 0.4) is 0 Å². The molecule has 1 saturated carbocycles. The first kappa shape index (κ1) is 19.9. The minimum atomic E-state index is -0.626. The average molecular weight is 401 g/mol. The van der Waals surface area contributed by atoms with E-state index in [2.05, 4.69) is 10.6 Å². The molecule has 7 heteroatoms. The summed E-state index contributed by atoms with van der Waals surface area (Å²) in [4.78, 5) is 36.7. The second kappa shape index (κ2) is 9.37. The summed E-state index contributed by atoms with van der Waals surface area (Å²) in [5.74, 6) is -1.37. The molecule has 2 aromatic rings. The molecule has 1 fully saturated rings. The number of hydrogen-bond acceptors (Lipinski definition) is 4. The second-order valence-corrected chi connectivity index (χ2v) is 7.07. The molecule has 0 saturated heterocycles. The fraction of sp³-hybridized carbons (Fsp3) is 0.286. The third kappa shape index (κ3) is 5.33. The van der Waals surface area contributed by atoms with Crippen LogP contribution in [0, 0.1) is 0 Å².